The lowest BCUT2D eigenvalue weighted by atomic mass is 10.1. The molecule has 5 heteroatoms. The molecule has 0 spiro atoms. The van der Waals surface area contributed by atoms with Gasteiger partial charge in [-0.1, -0.05) is 41.9 Å². The number of nitrogens with zero attached hydrogens (tertiary/aromatic N) is 2. The summed E-state index contributed by atoms with van der Waals surface area (Å²) in [5, 5.41) is 3.69. The van der Waals surface area contributed by atoms with Gasteiger partial charge >= 0.3 is 0 Å². The Morgan fingerprint density at radius 3 is 2.40 bits per heavy atom. The minimum atomic E-state index is 0.0688. The molecule has 3 rings (SSSR count). The summed E-state index contributed by atoms with van der Waals surface area (Å²) in [6, 6.07) is 16.0. The molecule has 0 atom stereocenters. The topological polar surface area (TPSA) is 35.6 Å². The smallest absolute Gasteiger partial charge is 0.234 e. The molecule has 0 saturated carbocycles. The Morgan fingerprint density at radius 2 is 1.72 bits per heavy atom. The number of anilines is 1. The molecule has 25 heavy (non-hydrogen) atoms. The molecule has 0 aliphatic carbocycles. The van der Waals surface area contributed by atoms with Crippen molar-refractivity contribution < 1.29 is 4.79 Å². The van der Waals surface area contributed by atoms with Crippen LogP contribution in [0.25, 0.3) is 0 Å². The second-order valence-electron chi connectivity index (χ2n) is 6.45. The van der Waals surface area contributed by atoms with E-state index in [1.165, 1.54) is 11.3 Å². The van der Waals surface area contributed by atoms with Gasteiger partial charge in [0.15, 0.2) is 0 Å². The molecule has 132 valence electrons. The maximum atomic E-state index is 12.2. The fourth-order valence-corrected chi connectivity index (χ4v) is 3.25. The van der Waals surface area contributed by atoms with Gasteiger partial charge in [0.2, 0.25) is 5.91 Å². The zero-order chi connectivity index (χ0) is 17.6. The van der Waals surface area contributed by atoms with Gasteiger partial charge in [0.25, 0.3) is 0 Å². The first kappa shape index (κ1) is 17.8. The minimum Gasteiger partial charge on any atom is -0.369 e. The lowest BCUT2D eigenvalue weighted by Gasteiger charge is -2.36. The van der Waals surface area contributed by atoms with Crippen LogP contribution < -0.4 is 10.2 Å². The summed E-state index contributed by atoms with van der Waals surface area (Å²) in [5.41, 5.74) is 3.66. The van der Waals surface area contributed by atoms with E-state index in [4.69, 9.17) is 11.6 Å². The average molecular weight is 358 g/mol. The van der Waals surface area contributed by atoms with Crippen LogP contribution >= 0.6 is 11.6 Å². The highest BCUT2D eigenvalue weighted by molar-refractivity contribution is 6.30. The maximum Gasteiger partial charge on any atom is 0.234 e. The standard InChI is InChI=1S/C20H24ClN3O/c1-16-4-2-3-5-19(16)24-12-10-23(11-13-24)15-20(25)22-14-17-6-8-18(21)9-7-17/h2-9H,10-15H2,1H3,(H,22,25). The van der Waals surface area contributed by atoms with Crippen molar-refractivity contribution in [2.24, 2.45) is 0 Å². The van der Waals surface area contributed by atoms with Gasteiger partial charge in [-0.05, 0) is 36.2 Å². The third-order valence-electron chi connectivity index (χ3n) is 4.60. The van der Waals surface area contributed by atoms with E-state index in [2.05, 4.69) is 46.3 Å². The summed E-state index contributed by atoms with van der Waals surface area (Å²) in [7, 11) is 0. The number of carbonyl (C=O) groups excluding carboxylic acids is 1. The molecule has 1 aliphatic heterocycles. The van der Waals surface area contributed by atoms with Crippen molar-refractivity contribution in [3.05, 3.63) is 64.7 Å². The molecular weight excluding hydrogens is 334 g/mol. The van der Waals surface area contributed by atoms with Crippen LogP contribution in [-0.4, -0.2) is 43.5 Å². The van der Waals surface area contributed by atoms with E-state index in [0.29, 0.717) is 18.1 Å². The summed E-state index contributed by atoms with van der Waals surface area (Å²) in [5.74, 6) is 0.0688. The van der Waals surface area contributed by atoms with Crippen molar-refractivity contribution in [3.8, 4) is 0 Å². The number of hydrogen-bond donors (Lipinski definition) is 1. The number of rotatable bonds is 5. The molecule has 1 fully saturated rings. The maximum absolute atomic E-state index is 12.2. The summed E-state index contributed by atoms with van der Waals surface area (Å²) < 4.78 is 0. The van der Waals surface area contributed by atoms with E-state index in [1.807, 2.05) is 24.3 Å². The first-order valence-electron chi connectivity index (χ1n) is 8.66. The van der Waals surface area contributed by atoms with Gasteiger partial charge in [0.05, 0.1) is 6.54 Å². The highest BCUT2D eigenvalue weighted by Gasteiger charge is 2.19. The Kier molecular flexibility index (Phi) is 5.95. The van der Waals surface area contributed by atoms with Crippen LogP contribution in [0.4, 0.5) is 5.69 Å². The van der Waals surface area contributed by atoms with Gasteiger partial charge in [-0.3, -0.25) is 9.69 Å². The number of benzene rings is 2. The Bertz CT molecular complexity index is 709. The predicted octanol–water partition coefficient (Wildman–Crippen LogP) is 3.09. The second-order valence-corrected chi connectivity index (χ2v) is 6.89. The van der Waals surface area contributed by atoms with Gasteiger partial charge in [0, 0.05) is 43.4 Å². The Morgan fingerprint density at radius 1 is 1.04 bits per heavy atom. The molecule has 1 N–H and O–H groups in total. The fourth-order valence-electron chi connectivity index (χ4n) is 3.13. The third kappa shape index (κ3) is 4.97. The molecule has 4 nitrogen and oxygen atoms in total. The number of carbonyl (C=O) groups is 1. The predicted molar refractivity (Wildman–Crippen MR) is 103 cm³/mol. The molecule has 0 unspecified atom stereocenters. The number of aryl methyl sites for hydroxylation is 1. The molecule has 2 aromatic rings. The number of nitrogens with one attached hydrogen (secondary N) is 1. The van der Waals surface area contributed by atoms with E-state index in [9.17, 15) is 4.79 Å². The highest BCUT2D eigenvalue weighted by Crippen LogP contribution is 2.20. The minimum absolute atomic E-state index is 0.0688. The highest BCUT2D eigenvalue weighted by atomic mass is 35.5. The van der Waals surface area contributed by atoms with Gasteiger partial charge < -0.3 is 10.2 Å². The summed E-state index contributed by atoms with van der Waals surface area (Å²) in [4.78, 5) is 16.8. The van der Waals surface area contributed by atoms with Crippen molar-refractivity contribution >= 4 is 23.2 Å². The lowest BCUT2D eigenvalue weighted by molar-refractivity contribution is -0.122. The van der Waals surface area contributed by atoms with Crippen LogP contribution in [0.3, 0.4) is 0 Å². The Labute approximate surface area is 154 Å². The molecule has 2 aromatic carbocycles. The van der Waals surface area contributed by atoms with Crippen LogP contribution in [0, 0.1) is 6.92 Å². The van der Waals surface area contributed by atoms with Crippen LogP contribution in [-0.2, 0) is 11.3 Å². The molecule has 0 aromatic heterocycles. The number of amides is 1. The van der Waals surface area contributed by atoms with Crippen LogP contribution in [0.2, 0.25) is 5.02 Å². The first-order valence-corrected chi connectivity index (χ1v) is 9.04. The summed E-state index contributed by atoms with van der Waals surface area (Å²) in [6.45, 7) is 6.86. The van der Waals surface area contributed by atoms with Crippen LogP contribution in [0.1, 0.15) is 11.1 Å². The Hall–Kier alpha value is -2.04. The second kappa shape index (κ2) is 8.37. The van der Waals surface area contributed by atoms with Gasteiger partial charge in [-0.15, -0.1) is 0 Å². The average Bonchev–Trinajstić information content (AvgIpc) is 2.62. The van der Waals surface area contributed by atoms with E-state index in [1.54, 1.807) is 0 Å². The third-order valence-corrected chi connectivity index (χ3v) is 4.85. The largest absolute Gasteiger partial charge is 0.369 e. The number of para-hydroxylation sites is 1. The van der Waals surface area contributed by atoms with Crippen molar-refractivity contribution in [2.75, 3.05) is 37.6 Å². The summed E-state index contributed by atoms with van der Waals surface area (Å²) in [6.07, 6.45) is 0. The van der Waals surface area contributed by atoms with Crippen molar-refractivity contribution in [2.45, 2.75) is 13.5 Å². The summed E-state index contributed by atoms with van der Waals surface area (Å²) >= 11 is 5.87. The number of hydrogen-bond acceptors (Lipinski definition) is 3. The van der Waals surface area contributed by atoms with Gasteiger partial charge in [-0.25, -0.2) is 0 Å². The quantitative estimate of drug-likeness (QED) is 0.893. The van der Waals surface area contributed by atoms with Gasteiger partial charge in [-0.2, -0.15) is 0 Å². The van der Waals surface area contributed by atoms with E-state index in [0.717, 1.165) is 31.7 Å². The number of piperazine rings is 1. The SMILES string of the molecule is Cc1ccccc1N1CCN(CC(=O)NCc2ccc(Cl)cc2)CC1. The molecular formula is C20H24ClN3O. The number of halogens is 1. The van der Waals surface area contributed by atoms with Crippen LogP contribution in [0.15, 0.2) is 48.5 Å². The molecule has 0 radical (unpaired) electrons. The van der Waals surface area contributed by atoms with E-state index in [-0.39, 0.29) is 5.91 Å². The van der Waals surface area contributed by atoms with Crippen molar-refractivity contribution in [1.82, 2.24) is 10.2 Å². The molecule has 1 amide bonds. The Balaban J connectivity index is 1.43. The zero-order valence-corrected chi connectivity index (χ0v) is 15.3. The normalized spacial score (nSPS) is 15.2. The van der Waals surface area contributed by atoms with E-state index < -0.39 is 0 Å². The van der Waals surface area contributed by atoms with E-state index >= 15 is 0 Å². The molecule has 1 aliphatic rings. The lowest BCUT2D eigenvalue weighted by Crippen LogP contribution is -2.49. The first-order chi connectivity index (χ1) is 12.1. The molecule has 1 saturated heterocycles. The fraction of sp³-hybridized carbons (Fsp3) is 0.350. The monoisotopic (exact) mass is 357 g/mol. The van der Waals surface area contributed by atoms with Crippen molar-refractivity contribution in [3.63, 3.8) is 0 Å². The van der Waals surface area contributed by atoms with Crippen molar-refractivity contribution in [1.29, 1.82) is 0 Å². The molecule has 0 bridgehead atoms. The van der Waals surface area contributed by atoms with Gasteiger partial charge in [0.1, 0.15) is 0 Å². The zero-order valence-electron chi connectivity index (χ0n) is 14.5. The van der Waals surface area contributed by atoms with Crippen LogP contribution in [0.5, 0.6) is 0 Å². The molecule has 1 heterocycles.